The smallest absolute Gasteiger partial charge is 0.0540 e. The molecule has 1 aromatic heterocycles. The number of hydrogen-bond acceptors (Lipinski definition) is 2. The van der Waals surface area contributed by atoms with Crippen LogP contribution < -0.4 is 5.32 Å². The largest absolute Gasteiger partial charge is 0.313 e. The predicted molar refractivity (Wildman–Crippen MR) is 62.0 cm³/mol. The minimum atomic E-state index is 0.520. The van der Waals surface area contributed by atoms with Gasteiger partial charge in [0.05, 0.1) is 6.20 Å². The van der Waals surface area contributed by atoms with Crippen LogP contribution in [0.2, 0.25) is 0 Å². The second-order valence-electron chi connectivity index (χ2n) is 4.48. The standard InChI is InChI=1S/C12H21N3/c1-4-9(2)15-12-7-5-6-11(13-3)10(12)8-14-15/h8-9,11,13H,4-7H2,1-3H3. The summed E-state index contributed by atoms with van der Waals surface area (Å²) in [4.78, 5) is 0. The average molecular weight is 207 g/mol. The van der Waals surface area contributed by atoms with Gasteiger partial charge in [-0.3, -0.25) is 4.68 Å². The Labute approximate surface area is 91.9 Å². The van der Waals surface area contributed by atoms with Crippen molar-refractivity contribution in [2.24, 2.45) is 0 Å². The molecule has 0 spiro atoms. The quantitative estimate of drug-likeness (QED) is 0.825. The van der Waals surface area contributed by atoms with Crippen molar-refractivity contribution in [1.82, 2.24) is 15.1 Å². The van der Waals surface area contributed by atoms with Gasteiger partial charge >= 0.3 is 0 Å². The Morgan fingerprint density at radius 1 is 1.67 bits per heavy atom. The van der Waals surface area contributed by atoms with E-state index in [1.165, 1.54) is 30.5 Å². The number of nitrogens with zero attached hydrogens (tertiary/aromatic N) is 2. The number of rotatable bonds is 3. The minimum absolute atomic E-state index is 0.520. The summed E-state index contributed by atoms with van der Waals surface area (Å²) in [6, 6.07) is 1.05. The molecule has 3 nitrogen and oxygen atoms in total. The van der Waals surface area contributed by atoms with E-state index >= 15 is 0 Å². The van der Waals surface area contributed by atoms with Crippen LogP contribution in [0.15, 0.2) is 6.20 Å². The lowest BCUT2D eigenvalue weighted by molar-refractivity contribution is 0.432. The van der Waals surface area contributed by atoms with Crippen molar-refractivity contribution >= 4 is 0 Å². The molecule has 0 aliphatic heterocycles. The maximum absolute atomic E-state index is 4.54. The molecule has 1 heterocycles. The maximum atomic E-state index is 4.54. The number of hydrogen-bond donors (Lipinski definition) is 1. The fraction of sp³-hybridized carbons (Fsp3) is 0.750. The van der Waals surface area contributed by atoms with Crippen molar-refractivity contribution in [2.45, 2.75) is 51.6 Å². The summed E-state index contributed by atoms with van der Waals surface area (Å²) in [6.45, 7) is 4.47. The molecule has 0 bridgehead atoms. The Kier molecular flexibility index (Phi) is 3.10. The molecule has 0 saturated carbocycles. The molecule has 2 rings (SSSR count). The van der Waals surface area contributed by atoms with Gasteiger partial charge in [-0.05, 0) is 39.7 Å². The van der Waals surface area contributed by atoms with Crippen LogP contribution in [0.5, 0.6) is 0 Å². The highest BCUT2D eigenvalue weighted by Gasteiger charge is 2.23. The first kappa shape index (κ1) is 10.7. The third-order valence-electron chi connectivity index (χ3n) is 3.57. The van der Waals surface area contributed by atoms with Crippen LogP contribution in [0, 0.1) is 0 Å². The Bertz CT molecular complexity index is 316. The molecule has 2 unspecified atom stereocenters. The second kappa shape index (κ2) is 4.35. The first-order valence-corrected chi connectivity index (χ1v) is 6.01. The molecule has 1 N–H and O–H groups in total. The van der Waals surface area contributed by atoms with E-state index in [2.05, 4.69) is 35.1 Å². The maximum Gasteiger partial charge on any atom is 0.0540 e. The van der Waals surface area contributed by atoms with Gasteiger partial charge < -0.3 is 5.32 Å². The molecule has 15 heavy (non-hydrogen) atoms. The van der Waals surface area contributed by atoms with Gasteiger partial charge in [-0.2, -0.15) is 5.10 Å². The van der Waals surface area contributed by atoms with Gasteiger partial charge in [0.2, 0.25) is 0 Å². The Morgan fingerprint density at radius 2 is 2.47 bits per heavy atom. The predicted octanol–water partition coefficient (Wildman–Crippen LogP) is 2.45. The summed E-state index contributed by atoms with van der Waals surface area (Å²) in [7, 11) is 2.04. The highest BCUT2D eigenvalue weighted by Crippen LogP contribution is 2.30. The first-order chi connectivity index (χ1) is 7.27. The van der Waals surface area contributed by atoms with Crippen LogP contribution in [-0.2, 0) is 6.42 Å². The number of fused-ring (bicyclic) bond motifs is 1. The third-order valence-corrected chi connectivity index (χ3v) is 3.57. The molecule has 1 aliphatic carbocycles. The monoisotopic (exact) mass is 207 g/mol. The Morgan fingerprint density at radius 3 is 3.13 bits per heavy atom. The molecule has 1 aromatic rings. The van der Waals surface area contributed by atoms with Crippen LogP contribution in [0.1, 0.15) is 56.5 Å². The van der Waals surface area contributed by atoms with E-state index in [9.17, 15) is 0 Å². The van der Waals surface area contributed by atoms with Crippen LogP contribution >= 0.6 is 0 Å². The molecule has 84 valence electrons. The van der Waals surface area contributed by atoms with Crippen LogP contribution in [-0.4, -0.2) is 16.8 Å². The zero-order chi connectivity index (χ0) is 10.8. The lowest BCUT2D eigenvalue weighted by Crippen LogP contribution is -2.22. The molecule has 0 saturated heterocycles. The van der Waals surface area contributed by atoms with E-state index in [1.54, 1.807) is 0 Å². The SMILES string of the molecule is CCC(C)n1ncc2c1CCCC2NC. The van der Waals surface area contributed by atoms with Gasteiger partial charge in [0.1, 0.15) is 0 Å². The van der Waals surface area contributed by atoms with E-state index in [4.69, 9.17) is 0 Å². The number of nitrogens with one attached hydrogen (secondary N) is 1. The second-order valence-corrected chi connectivity index (χ2v) is 4.48. The molecule has 0 amide bonds. The summed E-state index contributed by atoms with van der Waals surface area (Å²) >= 11 is 0. The minimum Gasteiger partial charge on any atom is -0.313 e. The van der Waals surface area contributed by atoms with Crippen molar-refractivity contribution in [2.75, 3.05) is 7.05 Å². The summed E-state index contributed by atoms with van der Waals surface area (Å²) in [5.41, 5.74) is 2.87. The van der Waals surface area contributed by atoms with Crippen molar-refractivity contribution in [3.05, 3.63) is 17.5 Å². The molecule has 0 radical (unpaired) electrons. The fourth-order valence-corrected chi connectivity index (χ4v) is 2.43. The third kappa shape index (κ3) is 1.81. The summed E-state index contributed by atoms with van der Waals surface area (Å²) in [5.74, 6) is 0. The van der Waals surface area contributed by atoms with Crippen molar-refractivity contribution in [3.8, 4) is 0 Å². The van der Waals surface area contributed by atoms with Gasteiger partial charge in [0.25, 0.3) is 0 Å². The molecular weight excluding hydrogens is 186 g/mol. The molecule has 3 heteroatoms. The molecule has 1 aliphatic rings. The first-order valence-electron chi connectivity index (χ1n) is 6.01. The average Bonchev–Trinajstić information content (AvgIpc) is 2.71. The zero-order valence-corrected chi connectivity index (χ0v) is 9.95. The fourth-order valence-electron chi connectivity index (χ4n) is 2.43. The Hall–Kier alpha value is -0.830. The Balaban J connectivity index is 2.33. The van der Waals surface area contributed by atoms with Crippen molar-refractivity contribution in [1.29, 1.82) is 0 Å². The van der Waals surface area contributed by atoms with Crippen LogP contribution in [0.25, 0.3) is 0 Å². The topological polar surface area (TPSA) is 29.9 Å². The number of aromatic nitrogens is 2. The zero-order valence-electron chi connectivity index (χ0n) is 9.95. The molecule has 0 aromatic carbocycles. The summed E-state index contributed by atoms with van der Waals surface area (Å²) in [6.07, 6.45) is 6.92. The molecule has 2 atom stereocenters. The van der Waals surface area contributed by atoms with Gasteiger partial charge in [-0.25, -0.2) is 0 Å². The van der Waals surface area contributed by atoms with E-state index in [-0.39, 0.29) is 0 Å². The van der Waals surface area contributed by atoms with Gasteiger partial charge in [0, 0.05) is 23.3 Å². The van der Waals surface area contributed by atoms with Crippen LogP contribution in [0.4, 0.5) is 0 Å². The summed E-state index contributed by atoms with van der Waals surface area (Å²) in [5, 5.41) is 7.92. The lowest BCUT2D eigenvalue weighted by atomic mass is 9.93. The lowest BCUT2D eigenvalue weighted by Gasteiger charge is -2.24. The van der Waals surface area contributed by atoms with Gasteiger partial charge in [0.15, 0.2) is 0 Å². The highest BCUT2D eigenvalue weighted by molar-refractivity contribution is 5.25. The van der Waals surface area contributed by atoms with E-state index in [1.807, 2.05) is 7.05 Å². The van der Waals surface area contributed by atoms with Crippen molar-refractivity contribution in [3.63, 3.8) is 0 Å². The highest BCUT2D eigenvalue weighted by atomic mass is 15.3. The normalized spacial score (nSPS) is 22.5. The molecule has 0 fully saturated rings. The van der Waals surface area contributed by atoms with Gasteiger partial charge in [-0.15, -0.1) is 0 Å². The summed E-state index contributed by atoms with van der Waals surface area (Å²) < 4.78 is 2.22. The van der Waals surface area contributed by atoms with Crippen LogP contribution in [0.3, 0.4) is 0 Å². The van der Waals surface area contributed by atoms with Crippen molar-refractivity contribution < 1.29 is 0 Å². The van der Waals surface area contributed by atoms with E-state index in [0.717, 1.165) is 6.42 Å². The van der Waals surface area contributed by atoms with Gasteiger partial charge in [-0.1, -0.05) is 6.92 Å². The van der Waals surface area contributed by atoms with E-state index in [0.29, 0.717) is 12.1 Å². The van der Waals surface area contributed by atoms with E-state index < -0.39 is 0 Å². The molecular formula is C12H21N3.